The first-order chi connectivity index (χ1) is 13.9. The predicted molar refractivity (Wildman–Crippen MR) is 124 cm³/mol. The zero-order valence-corrected chi connectivity index (χ0v) is 18.4. The van der Waals surface area contributed by atoms with Crippen molar-refractivity contribution in [2.75, 3.05) is 7.05 Å². The average Bonchev–Trinajstić information content (AvgIpc) is 2.68. The highest BCUT2D eigenvalue weighted by molar-refractivity contribution is 8.14. The first-order valence-corrected chi connectivity index (χ1v) is 10.3. The summed E-state index contributed by atoms with van der Waals surface area (Å²) >= 11 is 7.98. The summed E-state index contributed by atoms with van der Waals surface area (Å²) in [6.07, 6.45) is 6.21. The molecule has 0 unspecified atom stereocenters. The number of carbonyl (C=O) groups excluding carboxylic acids is 1. The first kappa shape index (κ1) is 21.1. The Kier molecular flexibility index (Phi) is 6.72. The monoisotopic (exact) mass is 423 g/mol. The van der Waals surface area contributed by atoms with E-state index < -0.39 is 0 Å². The van der Waals surface area contributed by atoms with Crippen molar-refractivity contribution < 1.29 is 4.79 Å². The molecule has 0 aliphatic carbocycles. The van der Waals surface area contributed by atoms with Gasteiger partial charge in [-0.15, -0.1) is 0 Å². The molecule has 0 amide bonds. The number of hydrogen-bond donors (Lipinski definition) is 0. The molecule has 0 radical (unpaired) electrons. The number of hydrogen-bond acceptors (Lipinski definition) is 4. The predicted octanol–water partition coefficient (Wildman–Crippen LogP) is 5.81. The van der Waals surface area contributed by atoms with Crippen molar-refractivity contribution in [3.8, 4) is 0 Å². The van der Waals surface area contributed by atoms with Gasteiger partial charge in [-0.3, -0.25) is 9.79 Å². The molecule has 0 atom stereocenters. The highest BCUT2D eigenvalue weighted by Crippen LogP contribution is 2.33. The van der Waals surface area contributed by atoms with Crippen LogP contribution in [-0.2, 0) is 4.79 Å². The maximum Gasteiger partial charge on any atom is 0.152 e. The third kappa shape index (κ3) is 4.69. The van der Waals surface area contributed by atoms with E-state index in [0.717, 1.165) is 21.8 Å². The Morgan fingerprint density at radius 1 is 1.14 bits per heavy atom. The Morgan fingerprint density at radius 2 is 1.93 bits per heavy atom. The van der Waals surface area contributed by atoms with E-state index in [1.165, 1.54) is 11.1 Å². The minimum Gasteiger partial charge on any atom is -0.298 e. The van der Waals surface area contributed by atoms with Crippen molar-refractivity contribution in [3.05, 3.63) is 81.5 Å². The third-order valence-corrected chi connectivity index (χ3v) is 5.91. The van der Waals surface area contributed by atoms with Crippen molar-refractivity contribution in [3.63, 3.8) is 0 Å². The number of benzene rings is 2. The number of aldehydes is 1. The van der Waals surface area contributed by atoms with Crippen LogP contribution in [0, 0.1) is 20.8 Å². The highest BCUT2D eigenvalue weighted by Gasteiger charge is 2.20. The number of hydrazone groups is 1. The van der Waals surface area contributed by atoms with Gasteiger partial charge in [0.05, 0.1) is 5.70 Å². The SMILES string of the molecule is C/N=C\N1N=C(Sc2ccc(C)cc2C)C=C/C1=C(/C=O)c1c(C)cccc1Cl. The van der Waals surface area contributed by atoms with Crippen LogP contribution in [0.3, 0.4) is 0 Å². The number of carbonyl (C=O) groups is 1. The fraction of sp³-hybridized carbons (Fsp3) is 0.174. The van der Waals surface area contributed by atoms with Crippen LogP contribution in [0.5, 0.6) is 0 Å². The molecule has 0 fully saturated rings. The molecule has 0 bridgehead atoms. The molecule has 1 aliphatic heterocycles. The number of halogens is 1. The molecule has 1 aliphatic rings. The van der Waals surface area contributed by atoms with Gasteiger partial charge in [0, 0.05) is 28.1 Å². The fourth-order valence-electron chi connectivity index (χ4n) is 3.13. The van der Waals surface area contributed by atoms with Crippen LogP contribution in [-0.4, -0.2) is 29.7 Å². The van der Waals surface area contributed by atoms with Crippen molar-refractivity contribution in [1.82, 2.24) is 5.01 Å². The molecule has 3 rings (SSSR count). The van der Waals surface area contributed by atoms with Gasteiger partial charge in [0.15, 0.2) is 6.29 Å². The van der Waals surface area contributed by atoms with E-state index in [0.29, 0.717) is 21.9 Å². The van der Waals surface area contributed by atoms with Gasteiger partial charge in [0.1, 0.15) is 11.4 Å². The number of rotatable bonds is 4. The van der Waals surface area contributed by atoms with E-state index in [1.54, 1.807) is 36.2 Å². The Hall–Kier alpha value is -2.63. The number of allylic oxidation sites excluding steroid dienone is 2. The van der Waals surface area contributed by atoms with Gasteiger partial charge in [0.2, 0.25) is 0 Å². The molecule has 0 saturated carbocycles. The van der Waals surface area contributed by atoms with Crippen molar-refractivity contribution in [1.29, 1.82) is 0 Å². The quantitative estimate of drug-likeness (QED) is 0.270. The number of nitrogens with zero attached hydrogens (tertiary/aromatic N) is 3. The molecule has 0 saturated heterocycles. The van der Waals surface area contributed by atoms with E-state index >= 15 is 0 Å². The normalized spacial score (nSPS) is 15.6. The van der Waals surface area contributed by atoms with Crippen molar-refractivity contribution in [2.24, 2.45) is 10.1 Å². The van der Waals surface area contributed by atoms with E-state index in [1.807, 2.05) is 31.2 Å². The van der Waals surface area contributed by atoms with Crippen LogP contribution in [0.15, 0.2) is 69.2 Å². The lowest BCUT2D eigenvalue weighted by molar-refractivity contribution is -0.103. The number of aliphatic imine (C=N–C) groups is 1. The molecule has 4 nitrogen and oxygen atoms in total. The minimum atomic E-state index is 0.476. The lowest BCUT2D eigenvalue weighted by atomic mass is 9.99. The molecule has 29 heavy (non-hydrogen) atoms. The second-order valence-electron chi connectivity index (χ2n) is 6.71. The van der Waals surface area contributed by atoms with Crippen LogP contribution >= 0.6 is 23.4 Å². The summed E-state index contributed by atoms with van der Waals surface area (Å²) in [5, 5.41) is 7.64. The minimum absolute atomic E-state index is 0.476. The Labute approximate surface area is 180 Å². The van der Waals surface area contributed by atoms with Crippen molar-refractivity contribution in [2.45, 2.75) is 25.7 Å². The summed E-state index contributed by atoms with van der Waals surface area (Å²) in [4.78, 5) is 17.3. The van der Waals surface area contributed by atoms with Crippen molar-refractivity contribution >= 4 is 46.6 Å². The lowest BCUT2D eigenvalue weighted by Gasteiger charge is -2.23. The van der Waals surface area contributed by atoms with Gasteiger partial charge in [0.25, 0.3) is 0 Å². The van der Waals surface area contributed by atoms with Gasteiger partial charge >= 0.3 is 0 Å². The van der Waals surface area contributed by atoms with Crippen LogP contribution in [0.1, 0.15) is 22.3 Å². The van der Waals surface area contributed by atoms with Gasteiger partial charge < -0.3 is 0 Å². The summed E-state index contributed by atoms with van der Waals surface area (Å²) in [6, 6.07) is 11.9. The standard InChI is InChI=1S/C23H22ClN3OS/c1-15-8-10-21(17(3)12-15)29-22-11-9-20(27(26-22)14-25-4)18(13-28)23-16(2)6-5-7-19(23)24/h5-14H,1-4H3/b20-18+,25-14-. The maximum absolute atomic E-state index is 12.0. The van der Waals surface area contributed by atoms with Crippen LogP contribution in [0.25, 0.3) is 5.57 Å². The zero-order chi connectivity index (χ0) is 21.0. The molecule has 2 aromatic rings. The third-order valence-electron chi connectivity index (χ3n) is 4.49. The largest absolute Gasteiger partial charge is 0.298 e. The molecule has 0 N–H and O–H groups in total. The van der Waals surface area contributed by atoms with Crippen LogP contribution in [0.2, 0.25) is 5.02 Å². The highest BCUT2D eigenvalue weighted by atomic mass is 35.5. The molecule has 148 valence electrons. The molecular weight excluding hydrogens is 402 g/mol. The Bertz CT molecular complexity index is 1050. The van der Waals surface area contributed by atoms with Gasteiger partial charge in [-0.05, 0) is 56.2 Å². The van der Waals surface area contributed by atoms with Gasteiger partial charge in [-0.1, -0.05) is 53.2 Å². The second kappa shape index (κ2) is 9.25. The summed E-state index contributed by atoms with van der Waals surface area (Å²) in [5.74, 6) is 0. The zero-order valence-electron chi connectivity index (χ0n) is 16.8. The summed E-state index contributed by atoms with van der Waals surface area (Å²) in [7, 11) is 1.67. The summed E-state index contributed by atoms with van der Waals surface area (Å²) in [6.45, 7) is 6.10. The van der Waals surface area contributed by atoms with E-state index in [-0.39, 0.29) is 0 Å². The smallest absolute Gasteiger partial charge is 0.152 e. The molecule has 6 heteroatoms. The molecule has 1 heterocycles. The second-order valence-corrected chi connectivity index (χ2v) is 8.18. The number of aryl methyl sites for hydroxylation is 3. The van der Waals surface area contributed by atoms with E-state index in [9.17, 15) is 4.79 Å². The maximum atomic E-state index is 12.0. The Morgan fingerprint density at radius 3 is 2.59 bits per heavy atom. The van der Waals surface area contributed by atoms with Crippen LogP contribution < -0.4 is 0 Å². The Balaban J connectivity index is 2.03. The summed E-state index contributed by atoms with van der Waals surface area (Å²) in [5.41, 5.74) is 5.16. The van der Waals surface area contributed by atoms with E-state index in [2.05, 4.69) is 42.1 Å². The lowest BCUT2D eigenvalue weighted by Crippen LogP contribution is -2.20. The molecular formula is C23H22ClN3OS. The van der Waals surface area contributed by atoms with Crippen LogP contribution in [0.4, 0.5) is 0 Å². The van der Waals surface area contributed by atoms with E-state index in [4.69, 9.17) is 11.6 Å². The average molecular weight is 424 g/mol. The summed E-state index contributed by atoms with van der Waals surface area (Å²) < 4.78 is 0. The molecule has 0 aromatic heterocycles. The molecule has 0 spiro atoms. The van der Waals surface area contributed by atoms with Gasteiger partial charge in [-0.2, -0.15) is 5.10 Å². The van der Waals surface area contributed by atoms with Gasteiger partial charge in [-0.25, -0.2) is 5.01 Å². The topological polar surface area (TPSA) is 45.0 Å². The molecule has 2 aromatic carbocycles. The number of thioether (sulfide) groups is 1. The first-order valence-electron chi connectivity index (χ1n) is 9.13. The fourth-order valence-corrected chi connectivity index (χ4v) is 4.30.